The number of benzene rings is 2. The van der Waals surface area contributed by atoms with Crippen LogP contribution in [0.15, 0.2) is 54.5 Å². The number of aryl methyl sites for hydroxylation is 1. The van der Waals surface area contributed by atoms with Gasteiger partial charge in [-0.1, -0.05) is 12.1 Å². The molecule has 7 nitrogen and oxygen atoms in total. The second kappa shape index (κ2) is 8.46. The Labute approximate surface area is 181 Å². The molecule has 1 aliphatic rings. The summed E-state index contributed by atoms with van der Waals surface area (Å²) in [6.45, 7) is 3.45. The third kappa shape index (κ3) is 4.50. The zero-order chi connectivity index (χ0) is 22.9. The van der Waals surface area contributed by atoms with Crippen molar-refractivity contribution in [3.05, 3.63) is 65.6 Å². The van der Waals surface area contributed by atoms with Crippen molar-refractivity contribution < 1.29 is 22.7 Å². The van der Waals surface area contributed by atoms with E-state index in [4.69, 9.17) is 4.74 Å². The fraction of sp³-hybridized carbons (Fsp3) is 0.227. The maximum absolute atomic E-state index is 12.9. The summed E-state index contributed by atoms with van der Waals surface area (Å²) in [5.41, 5.74) is 8.73. The Morgan fingerprint density at radius 1 is 1.22 bits per heavy atom. The molecule has 4 rings (SSSR count). The van der Waals surface area contributed by atoms with Crippen molar-refractivity contribution >= 4 is 16.7 Å². The van der Waals surface area contributed by atoms with Gasteiger partial charge in [0, 0.05) is 22.9 Å². The summed E-state index contributed by atoms with van der Waals surface area (Å²) in [5, 5.41) is 11.3. The van der Waals surface area contributed by atoms with Crippen molar-refractivity contribution in [1.29, 1.82) is 0 Å². The summed E-state index contributed by atoms with van der Waals surface area (Å²) in [4.78, 5) is 12.6. The number of amides is 1. The summed E-state index contributed by atoms with van der Waals surface area (Å²) < 4.78 is 43.6. The van der Waals surface area contributed by atoms with Crippen molar-refractivity contribution in [2.24, 2.45) is 0 Å². The average Bonchev–Trinajstić information content (AvgIpc) is 3.26. The lowest BCUT2D eigenvalue weighted by molar-refractivity contribution is -0.189. The number of hydrogen-bond acceptors (Lipinski definition) is 6. The Morgan fingerprint density at radius 3 is 2.75 bits per heavy atom. The van der Waals surface area contributed by atoms with E-state index in [9.17, 15) is 18.0 Å². The molecule has 166 valence electrons. The second-order valence-electron chi connectivity index (χ2n) is 7.36. The van der Waals surface area contributed by atoms with Gasteiger partial charge in [-0.2, -0.15) is 18.3 Å². The fourth-order valence-electron chi connectivity index (χ4n) is 3.25. The van der Waals surface area contributed by atoms with E-state index >= 15 is 0 Å². The Hall–Kier alpha value is -3.66. The molecule has 1 amide bonds. The van der Waals surface area contributed by atoms with E-state index < -0.39 is 12.3 Å². The second-order valence-corrected chi connectivity index (χ2v) is 7.36. The highest BCUT2D eigenvalue weighted by molar-refractivity contribution is 5.97. The molecule has 1 atom stereocenters. The van der Waals surface area contributed by atoms with Gasteiger partial charge in [-0.15, -0.1) is 5.10 Å². The maximum atomic E-state index is 12.9. The van der Waals surface area contributed by atoms with Crippen LogP contribution in [0.25, 0.3) is 21.9 Å². The van der Waals surface area contributed by atoms with Crippen LogP contribution in [0, 0.1) is 6.92 Å². The van der Waals surface area contributed by atoms with E-state index in [-0.39, 0.29) is 11.8 Å². The number of carbonyl (C=O) groups is 1. The summed E-state index contributed by atoms with van der Waals surface area (Å²) in [6, 6.07) is 10.5. The number of fused-ring (bicyclic) bond motifs is 1. The lowest BCUT2D eigenvalue weighted by Gasteiger charge is -2.17. The van der Waals surface area contributed by atoms with Crippen molar-refractivity contribution in [3.8, 4) is 17.0 Å². The van der Waals surface area contributed by atoms with Crippen LogP contribution in [-0.2, 0) is 0 Å². The van der Waals surface area contributed by atoms with Crippen LogP contribution in [0.1, 0.15) is 22.8 Å². The molecule has 0 radical (unpaired) electrons. The van der Waals surface area contributed by atoms with Crippen LogP contribution in [0.4, 0.5) is 13.2 Å². The molecule has 0 bridgehead atoms. The highest BCUT2D eigenvalue weighted by atomic mass is 19.4. The first-order valence-corrected chi connectivity index (χ1v) is 9.82. The number of alkyl halides is 3. The average molecular weight is 443 g/mol. The quantitative estimate of drug-likeness (QED) is 0.559. The van der Waals surface area contributed by atoms with Gasteiger partial charge < -0.3 is 15.5 Å². The maximum Gasteiger partial charge on any atom is 0.425 e. The molecule has 0 saturated heterocycles. The molecule has 1 aliphatic heterocycles. The topological polar surface area (TPSA) is 88.2 Å². The van der Waals surface area contributed by atoms with Crippen molar-refractivity contribution in [1.82, 2.24) is 26.4 Å². The van der Waals surface area contributed by atoms with Crippen LogP contribution >= 0.6 is 0 Å². The van der Waals surface area contributed by atoms with Crippen LogP contribution in [0.3, 0.4) is 0 Å². The monoisotopic (exact) mass is 443 g/mol. The Balaban J connectivity index is 1.65. The third-order valence-electron chi connectivity index (χ3n) is 5.07. The van der Waals surface area contributed by atoms with Gasteiger partial charge in [0.1, 0.15) is 5.82 Å². The zero-order valence-electron chi connectivity index (χ0n) is 17.2. The molecular weight excluding hydrogens is 423 g/mol. The first kappa shape index (κ1) is 21.6. The van der Waals surface area contributed by atoms with Crippen molar-refractivity contribution in [2.75, 3.05) is 6.54 Å². The fourth-order valence-corrected chi connectivity index (χ4v) is 3.25. The smallest absolute Gasteiger partial charge is 0.425 e. The van der Waals surface area contributed by atoms with E-state index in [2.05, 4.69) is 26.4 Å². The number of hydrazine groups is 1. The Bertz CT molecular complexity index is 1210. The van der Waals surface area contributed by atoms with Crippen LogP contribution in [0.5, 0.6) is 5.88 Å². The predicted molar refractivity (Wildman–Crippen MR) is 113 cm³/mol. The molecule has 1 aromatic heterocycles. The summed E-state index contributed by atoms with van der Waals surface area (Å²) >= 11 is 0. The highest BCUT2D eigenvalue weighted by Gasteiger charge is 2.38. The molecular formula is C22H20F3N5O2. The first-order chi connectivity index (χ1) is 15.2. The van der Waals surface area contributed by atoms with Gasteiger partial charge in [-0.3, -0.25) is 4.79 Å². The number of nitrogens with zero attached hydrogens (tertiary/aromatic N) is 2. The molecule has 2 aromatic carbocycles. The van der Waals surface area contributed by atoms with Gasteiger partial charge >= 0.3 is 6.18 Å². The normalized spacial score (nSPS) is 14.6. The molecule has 3 aromatic rings. The van der Waals surface area contributed by atoms with Gasteiger partial charge in [0.15, 0.2) is 6.10 Å². The number of halogens is 3. The van der Waals surface area contributed by atoms with Crippen LogP contribution in [-0.4, -0.2) is 34.9 Å². The molecule has 0 spiro atoms. The molecule has 2 heterocycles. The molecule has 10 heteroatoms. The first-order valence-electron chi connectivity index (χ1n) is 9.82. The summed E-state index contributed by atoms with van der Waals surface area (Å²) in [6.07, 6.45) is -3.25. The van der Waals surface area contributed by atoms with Crippen LogP contribution in [0.2, 0.25) is 0 Å². The largest absolute Gasteiger partial charge is 0.463 e. The van der Waals surface area contributed by atoms with Gasteiger partial charge in [-0.25, -0.2) is 5.43 Å². The number of hydrogen-bond donors (Lipinski definition) is 3. The number of carbonyl (C=O) groups excluding carboxylic acids is 1. The van der Waals surface area contributed by atoms with E-state index in [1.165, 1.54) is 6.20 Å². The minimum atomic E-state index is -4.51. The molecule has 0 aliphatic carbocycles. The standard InChI is InChI=1S/C22H20F3N5O2/c1-12-3-4-15(20(31)28-19-7-8-26-29-19)10-18(12)14-5-6-17-16(9-14)11-27-30-21(17)32-13(2)22(23,24)25/h3-7,9-11,13,26,29H,8H2,1-2H3,(H,28,31). The lowest BCUT2D eigenvalue weighted by Crippen LogP contribution is -2.34. The summed E-state index contributed by atoms with van der Waals surface area (Å²) in [5.74, 6) is 0.133. The minimum Gasteiger partial charge on any atom is -0.463 e. The third-order valence-corrected chi connectivity index (χ3v) is 5.07. The van der Waals surface area contributed by atoms with Gasteiger partial charge in [0.2, 0.25) is 5.88 Å². The van der Waals surface area contributed by atoms with E-state index in [0.29, 0.717) is 28.7 Å². The minimum absolute atomic E-state index is 0.185. The lowest BCUT2D eigenvalue weighted by atomic mass is 9.96. The zero-order valence-corrected chi connectivity index (χ0v) is 17.2. The van der Waals surface area contributed by atoms with Crippen LogP contribution < -0.4 is 20.9 Å². The Kier molecular flexibility index (Phi) is 5.70. The molecule has 1 unspecified atom stereocenters. The molecule has 32 heavy (non-hydrogen) atoms. The van der Waals surface area contributed by atoms with E-state index in [1.54, 1.807) is 30.3 Å². The number of rotatable bonds is 5. The SMILES string of the molecule is Cc1ccc(C(=O)NC2=CCNN2)cc1-c1ccc2c(OC(C)C(F)(F)F)nncc2c1. The van der Waals surface area contributed by atoms with Gasteiger partial charge in [0.05, 0.1) is 6.20 Å². The van der Waals surface area contributed by atoms with Gasteiger partial charge in [-0.05, 0) is 60.9 Å². The number of ether oxygens (including phenoxy) is 1. The van der Waals surface area contributed by atoms with Crippen molar-refractivity contribution in [2.45, 2.75) is 26.1 Å². The highest BCUT2D eigenvalue weighted by Crippen LogP contribution is 2.32. The Morgan fingerprint density at radius 2 is 2.03 bits per heavy atom. The number of nitrogens with one attached hydrogen (secondary N) is 3. The van der Waals surface area contributed by atoms with Gasteiger partial charge in [0.25, 0.3) is 5.91 Å². The van der Waals surface area contributed by atoms with E-state index in [0.717, 1.165) is 23.6 Å². The van der Waals surface area contributed by atoms with Crippen molar-refractivity contribution in [3.63, 3.8) is 0 Å². The molecule has 3 N–H and O–H groups in total. The molecule has 0 fully saturated rings. The molecule has 0 saturated carbocycles. The van der Waals surface area contributed by atoms with E-state index in [1.807, 2.05) is 19.1 Å². The summed E-state index contributed by atoms with van der Waals surface area (Å²) in [7, 11) is 0. The number of aromatic nitrogens is 2. The predicted octanol–water partition coefficient (Wildman–Crippen LogP) is 3.61.